The van der Waals surface area contributed by atoms with E-state index >= 15 is 0 Å². The highest BCUT2D eigenvalue weighted by Gasteiger charge is 2.25. The molecule has 0 spiro atoms. The lowest BCUT2D eigenvalue weighted by Crippen LogP contribution is -2.19. The lowest BCUT2D eigenvalue weighted by Gasteiger charge is -2.22. The number of unbranched alkanes of at least 4 members (excludes halogenated alkanes) is 5. The van der Waals surface area contributed by atoms with Crippen LogP contribution in [0.2, 0.25) is 0 Å². The van der Waals surface area contributed by atoms with Crippen LogP contribution in [0, 0.1) is 0 Å². The molecule has 1 atom stereocenters. The molecule has 5 aromatic carbocycles. The molecule has 7 nitrogen and oxygen atoms in total. The highest BCUT2D eigenvalue weighted by molar-refractivity contribution is 8.00. The SMILES string of the molecule is C=CCOc1ccc(CN(C)CCCCCCC)cc1C(O)c1ccccc1-c1ccc(Sc2ccc(OCCCC)cc2)c(S(=O)(=O)Oc2ccccc2)c1. The molecule has 0 bridgehead atoms. The Balaban J connectivity index is 1.49. The van der Waals surface area contributed by atoms with Gasteiger partial charge in [0.25, 0.3) is 0 Å². The minimum atomic E-state index is -4.29. The maximum absolute atomic E-state index is 14.1. The van der Waals surface area contributed by atoms with E-state index in [0.29, 0.717) is 39.5 Å². The third kappa shape index (κ3) is 12.2. The standard InChI is InChI=1S/C47H55NO6S2/c1-5-8-10-11-17-30-48(4)35-36-22-28-44(53-31-7-3)43(33-36)47(49)42-21-16-15-20-41(42)37-23-29-45(55-40-26-24-38(25-27-40)52-32-9-6-2)46(34-37)56(50,51)54-39-18-13-12-14-19-39/h7,12-16,18-29,33-34,47,49H,3,5-6,8-11,17,30-32,35H2,1-2,4H3. The Morgan fingerprint density at radius 1 is 0.768 bits per heavy atom. The lowest BCUT2D eigenvalue weighted by atomic mass is 9.91. The largest absolute Gasteiger partial charge is 0.494 e. The molecular weight excluding hydrogens is 739 g/mol. The minimum absolute atomic E-state index is 0.0196. The van der Waals surface area contributed by atoms with Crippen molar-refractivity contribution in [1.29, 1.82) is 0 Å². The summed E-state index contributed by atoms with van der Waals surface area (Å²) in [6, 6.07) is 34.9. The second kappa shape index (κ2) is 21.7. The quantitative estimate of drug-likeness (QED) is 0.0398. The van der Waals surface area contributed by atoms with Gasteiger partial charge in [0.1, 0.15) is 34.9 Å². The molecule has 0 amide bonds. The van der Waals surface area contributed by atoms with Crippen molar-refractivity contribution >= 4 is 21.9 Å². The van der Waals surface area contributed by atoms with Crippen molar-refractivity contribution in [2.75, 3.05) is 26.8 Å². The van der Waals surface area contributed by atoms with Crippen LogP contribution < -0.4 is 13.7 Å². The maximum Gasteiger partial charge on any atom is 0.340 e. The minimum Gasteiger partial charge on any atom is -0.494 e. The topological polar surface area (TPSA) is 85.3 Å². The van der Waals surface area contributed by atoms with Gasteiger partial charge in [-0.05, 0) is 109 Å². The first-order chi connectivity index (χ1) is 27.2. The van der Waals surface area contributed by atoms with E-state index in [0.717, 1.165) is 48.6 Å². The van der Waals surface area contributed by atoms with Crippen LogP contribution in [0.5, 0.6) is 17.2 Å². The molecule has 0 aliphatic rings. The Kier molecular flexibility index (Phi) is 16.5. The molecule has 1 unspecified atom stereocenters. The van der Waals surface area contributed by atoms with Gasteiger partial charge in [-0.2, -0.15) is 8.42 Å². The van der Waals surface area contributed by atoms with E-state index in [-0.39, 0.29) is 17.3 Å². The Bertz CT molecular complexity index is 2090. The summed E-state index contributed by atoms with van der Waals surface area (Å²) >= 11 is 1.33. The summed E-state index contributed by atoms with van der Waals surface area (Å²) < 4.78 is 45.8. The molecule has 0 fully saturated rings. The molecule has 0 radical (unpaired) electrons. The first kappa shape index (κ1) is 42.6. The average molecular weight is 794 g/mol. The summed E-state index contributed by atoms with van der Waals surface area (Å²) in [7, 11) is -2.17. The van der Waals surface area contributed by atoms with Gasteiger partial charge in [0.15, 0.2) is 0 Å². The van der Waals surface area contributed by atoms with Crippen molar-refractivity contribution < 1.29 is 27.2 Å². The van der Waals surface area contributed by atoms with Gasteiger partial charge in [0.2, 0.25) is 0 Å². The first-order valence-corrected chi connectivity index (χ1v) is 21.8. The number of hydrogen-bond acceptors (Lipinski definition) is 8. The van der Waals surface area contributed by atoms with Crippen molar-refractivity contribution in [3.63, 3.8) is 0 Å². The molecular formula is C47H55NO6S2. The van der Waals surface area contributed by atoms with Crippen molar-refractivity contribution in [2.45, 2.75) is 86.1 Å². The van der Waals surface area contributed by atoms with Crippen molar-refractivity contribution in [1.82, 2.24) is 4.90 Å². The van der Waals surface area contributed by atoms with Crippen molar-refractivity contribution in [3.05, 3.63) is 145 Å². The smallest absolute Gasteiger partial charge is 0.340 e. The van der Waals surface area contributed by atoms with E-state index in [4.69, 9.17) is 13.7 Å². The van der Waals surface area contributed by atoms with Crippen LogP contribution in [0.3, 0.4) is 0 Å². The summed E-state index contributed by atoms with van der Waals surface area (Å²) in [5, 5.41) is 12.2. The molecule has 0 aliphatic heterocycles. The van der Waals surface area contributed by atoms with Crippen LogP contribution in [0.4, 0.5) is 0 Å². The number of para-hydroxylation sites is 1. The third-order valence-corrected chi connectivity index (χ3v) is 11.9. The van der Waals surface area contributed by atoms with E-state index in [9.17, 15) is 13.5 Å². The zero-order valence-electron chi connectivity index (χ0n) is 32.9. The molecule has 0 heterocycles. The number of hydrogen-bond donors (Lipinski definition) is 1. The second-order valence-electron chi connectivity index (χ2n) is 13.9. The predicted molar refractivity (Wildman–Crippen MR) is 228 cm³/mol. The van der Waals surface area contributed by atoms with Crippen LogP contribution in [0.25, 0.3) is 11.1 Å². The van der Waals surface area contributed by atoms with E-state index in [1.807, 2.05) is 72.8 Å². The van der Waals surface area contributed by atoms with Gasteiger partial charge in [-0.15, -0.1) is 0 Å². The fraction of sp³-hybridized carbons (Fsp3) is 0.319. The number of aliphatic hydroxyl groups excluding tert-OH is 1. The van der Waals surface area contributed by atoms with Gasteiger partial charge in [-0.25, -0.2) is 0 Å². The Labute approximate surface area is 338 Å². The van der Waals surface area contributed by atoms with Gasteiger partial charge in [-0.1, -0.05) is 125 Å². The molecule has 56 heavy (non-hydrogen) atoms. The molecule has 296 valence electrons. The maximum atomic E-state index is 14.1. The van der Waals surface area contributed by atoms with Crippen LogP contribution in [0.15, 0.2) is 143 Å². The predicted octanol–water partition coefficient (Wildman–Crippen LogP) is 11.5. The highest BCUT2D eigenvalue weighted by atomic mass is 32.2. The van der Waals surface area contributed by atoms with Gasteiger partial charge in [-0.3, -0.25) is 0 Å². The number of aliphatic hydroxyl groups is 1. The summed E-state index contributed by atoms with van der Waals surface area (Å²) in [5.41, 5.74) is 3.61. The molecule has 0 aromatic heterocycles. The van der Waals surface area contributed by atoms with Crippen molar-refractivity contribution in [2.24, 2.45) is 0 Å². The molecule has 5 aromatic rings. The zero-order chi connectivity index (χ0) is 39.8. The Morgan fingerprint density at radius 3 is 2.25 bits per heavy atom. The fourth-order valence-corrected chi connectivity index (χ4v) is 8.69. The van der Waals surface area contributed by atoms with Crippen LogP contribution in [-0.2, 0) is 16.7 Å². The van der Waals surface area contributed by atoms with E-state index in [1.54, 1.807) is 48.5 Å². The second-order valence-corrected chi connectivity index (χ2v) is 16.5. The summed E-state index contributed by atoms with van der Waals surface area (Å²) in [6.45, 7) is 10.8. The van der Waals surface area contributed by atoms with Crippen LogP contribution >= 0.6 is 11.8 Å². The zero-order valence-corrected chi connectivity index (χ0v) is 34.5. The average Bonchev–Trinajstić information content (AvgIpc) is 3.21. The Morgan fingerprint density at radius 2 is 1.50 bits per heavy atom. The fourth-order valence-electron chi connectivity index (χ4n) is 6.40. The summed E-state index contributed by atoms with van der Waals surface area (Å²) in [5.74, 6) is 1.54. The normalized spacial score (nSPS) is 12.0. The molecule has 5 rings (SSSR count). The van der Waals surface area contributed by atoms with E-state index in [2.05, 4.69) is 32.4 Å². The third-order valence-electron chi connectivity index (χ3n) is 9.37. The van der Waals surface area contributed by atoms with Crippen LogP contribution in [-0.4, -0.2) is 45.2 Å². The summed E-state index contributed by atoms with van der Waals surface area (Å²) in [4.78, 5) is 3.68. The van der Waals surface area contributed by atoms with E-state index in [1.165, 1.54) is 37.4 Å². The van der Waals surface area contributed by atoms with Gasteiger partial charge < -0.3 is 23.7 Å². The van der Waals surface area contributed by atoms with Gasteiger partial charge >= 0.3 is 10.1 Å². The molecule has 0 aliphatic carbocycles. The molecule has 0 saturated carbocycles. The van der Waals surface area contributed by atoms with Gasteiger partial charge in [0, 0.05) is 21.9 Å². The highest BCUT2D eigenvalue weighted by Crippen LogP contribution is 2.41. The van der Waals surface area contributed by atoms with Crippen molar-refractivity contribution in [3.8, 4) is 28.4 Å². The molecule has 9 heteroatoms. The number of nitrogens with zero attached hydrogens (tertiary/aromatic N) is 1. The van der Waals surface area contributed by atoms with Gasteiger partial charge in [0.05, 0.1) is 6.61 Å². The monoisotopic (exact) mass is 793 g/mol. The summed E-state index contributed by atoms with van der Waals surface area (Å²) in [6.07, 6.45) is 8.74. The molecule has 1 N–H and O–H groups in total. The first-order valence-electron chi connectivity index (χ1n) is 19.6. The number of ether oxygens (including phenoxy) is 2. The number of benzene rings is 5. The van der Waals surface area contributed by atoms with E-state index < -0.39 is 16.2 Å². The lowest BCUT2D eigenvalue weighted by molar-refractivity contribution is 0.213. The Hall–Kier alpha value is -4.54. The van der Waals surface area contributed by atoms with Crippen LogP contribution in [0.1, 0.15) is 81.6 Å². The number of rotatable bonds is 23. The molecule has 0 saturated heterocycles.